The molecule has 2 aromatic rings. The highest BCUT2D eigenvalue weighted by molar-refractivity contribution is 5.91. The molecule has 1 atom stereocenters. The molecule has 0 radical (unpaired) electrons. The standard InChI is InChI=1S/C12H15N5O/c1-9-3-4-14-11(5-9)16-12(18)10(2)6-17-8-13-7-15-17/h3-5,7-8,10H,6H2,1-2H3,(H,14,16,18)/t10-/m1/s1. The van der Waals surface area contributed by atoms with Crippen LogP contribution in [0.5, 0.6) is 0 Å². The fourth-order valence-electron chi connectivity index (χ4n) is 1.54. The number of carbonyl (C=O) groups is 1. The Kier molecular flexibility index (Phi) is 3.66. The van der Waals surface area contributed by atoms with Gasteiger partial charge in [0.05, 0.1) is 12.5 Å². The first-order valence-corrected chi connectivity index (χ1v) is 5.71. The van der Waals surface area contributed by atoms with E-state index in [0.717, 1.165) is 5.56 Å². The first kappa shape index (κ1) is 12.2. The van der Waals surface area contributed by atoms with Crippen molar-refractivity contribution in [3.63, 3.8) is 0 Å². The minimum Gasteiger partial charge on any atom is -0.310 e. The molecule has 0 aromatic carbocycles. The van der Waals surface area contributed by atoms with E-state index in [4.69, 9.17) is 0 Å². The number of nitrogens with zero attached hydrogens (tertiary/aromatic N) is 4. The lowest BCUT2D eigenvalue weighted by molar-refractivity contribution is -0.119. The number of carbonyl (C=O) groups excluding carboxylic acids is 1. The number of nitrogens with one attached hydrogen (secondary N) is 1. The molecule has 1 N–H and O–H groups in total. The molecule has 94 valence electrons. The van der Waals surface area contributed by atoms with Crippen LogP contribution in [-0.4, -0.2) is 25.7 Å². The van der Waals surface area contributed by atoms with E-state index in [-0.39, 0.29) is 11.8 Å². The van der Waals surface area contributed by atoms with Crippen molar-refractivity contribution >= 4 is 11.7 Å². The molecule has 0 spiro atoms. The summed E-state index contributed by atoms with van der Waals surface area (Å²) in [4.78, 5) is 19.9. The fourth-order valence-corrected chi connectivity index (χ4v) is 1.54. The third-order valence-electron chi connectivity index (χ3n) is 2.54. The van der Waals surface area contributed by atoms with Crippen molar-refractivity contribution < 1.29 is 4.79 Å². The topological polar surface area (TPSA) is 72.7 Å². The lowest BCUT2D eigenvalue weighted by Gasteiger charge is -2.11. The van der Waals surface area contributed by atoms with Crippen LogP contribution in [0.2, 0.25) is 0 Å². The molecular formula is C12H15N5O. The Morgan fingerprint density at radius 3 is 3.06 bits per heavy atom. The number of rotatable bonds is 4. The molecule has 0 aliphatic rings. The van der Waals surface area contributed by atoms with Gasteiger partial charge in [0.2, 0.25) is 5.91 Å². The van der Waals surface area contributed by atoms with Crippen LogP contribution in [0.1, 0.15) is 12.5 Å². The summed E-state index contributed by atoms with van der Waals surface area (Å²) in [7, 11) is 0. The van der Waals surface area contributed by atoms with Crippen LogP contribution in [0.25, 0.3) is 0 Å². The second-order valence-electron chi connectivity index (χ2n) is 4.23. The summed E-state index contributed by atoms with van der Waals surface area (Å²) in [5, 5.41) is 6.75. The summed E-state index contributed by atoms with van der Waals surface area (Å²) in [5.41, 5.74) is 1.06. The van der Waals surface area contributed by atoms with E-state index in [9.17, 15) is 4.79 Å². The van der Waals surface area contributed by atoms with Gasteiger partial charge in [0.15, 0.2) is 0 Å². The lowest BCUT2D eigenvalue weighted by atomic mass is 10.1. The predicted molar refractivity (Wildman–Crippen MR) is 66.8 cm³/mol. The zero-order chi connectivity index (χ0) is 13.0. The van der Waals surface area contributed by atoms with E-state index in [1.54, 1.807) is 17.2 Å². The molecule has 0 fully saturated rings. The van der Waals surface area contributed by atoms with Gasteiger partial charge in [0.25, 0.3) is 0 Å². The van der Waals surface area contributed by atoms with Crippen LogP contribution in [0.3, 0.4) is 0 Å². The summed E-state index contributed by atoms with van der Waals surface area (Å²) >= 11 is 0. The Bertz CT molecular complexity index is 523. The molecule has 0 aliphatic carbocycles. The molecule has 0 saturated heterocycles. The van der Waals surface area contributed by atoms with Gasteiger partial charge in [-0.2, -0.15) is 5.10 Å². The Hall–Kier alpha value is -2.24. The average Bonchev–Trinajstić information content (AvgIpc) is 2.81. The highest BCUT2D eigenvalue weighted by atomic mass is 16.1. The van der Waals surface area contributed by atoms with Gasteiger partial charge in [0, 0.05) is 6.20 Å². The zero-order valence-corrected chi connectivity index (χ0v) is 10.4. The molecule has 18 heavy (non-hydrogen) atoms. The van der Waals surface area contributed by atoms with Gasteiger partial charge in [-0.25, -0.2) is 9.97 Å². The number of amides is 1. The van der Waals surface area contributed by atoms with Crippen LogP contribution in [-0.2, 0) is 11.3 Å². The van der Waals surface area contributed by atoms with E-state index in [0.29, 0.717) is 12.4 Å². The molecular weight excluding hydrogens is 230 g/mol. The van der Waals surface area contributed by atoms with Crippen LogP contribution < -0.4 is 5.32 Å². The van der Waals surface area contributed by atoms with Crippen LogP contribution in [0.4, 0.5) is 5.82 Å². The second-order valence-corrected chi connectivity index (χ2v) is 4.23. The normalized spacial score (nSPS) is 12.1. The predicted octanol–water partition coefficient (Wildman–Crippen LogP) is 1.26. The molecule has 2 aromatic heterocycles. The van der Waals surface area contributed by atoms with Gasteiger partial charge in [-0.3, -0.25) is 9.48 Å². The first-order chi connectivity index (χ1) is 8.65. The smallest absolute Gasteiger partial charge is 0.230 e. The Morgan fingerprint density at radius 2 is 2.39 bits per heavy atom. The number of pyridine rings is 1. The molecule has 6 heteroatoms. The molecule has 0 aliphatic heterocycles. The van der Waals surface area contributed by atoms with E-state index in [1.807, 2.05) is 26.0 Å². The van der Waals surface area contributed by atoms with Crippen molar-refractivity contribution in [3.05, 3.63) is 36.5 Å². The maximum Gasteiger partial charge on any atom is 0.230 e. The molecule has 6 nitrogen and oxygen atoms in total. The number of hydrogen-bond donors (Lipinski definition) is 1. The zero-order valence-electron chi connectivity index (χ0n) is 10.4. The summed E-state index contributed by atoms with van der Waals surface area (Å²) in [6.07, 6.45) is 4.72. The highest BCUT2D eigenvalue weighted by Gasteiger charge is 2.14. The van der Waals surface area contributed by atoms with Gasteiger partial charge in [-0.1, -0.05) is 6.92 Å². The van der Waals surface area contributed by atoms with E-state index in [1.165, 1.54) is 6.33 Å². The van der Waals surface area contributed by atoms with Crippen molar-refractivity contribution in [2.24, 2.45) is 5.92 Å². The Balaban J connectivity index is 1.95. The number of aryl methyl sites for hydroxylation is 1. The summed E-state index contributed by atoms with van der Waals surface area (Å²) in [6.45, 7) is 4.29. The first-order valence-electron chi connectivity index (χ1n) is 5.71. The van der Waals surface area contributed by atoms with Crippen molar-refractivity contribution in [1.29, 1.82) is 0 Å². The monoisotopic (exact) mass is 245 g/mol. The maximum absolute atomic E-state index is 11.9. The number of aromatic nitrogens is 4. The van der Waals surface area contributed by atoms with Gasteiger partial charge in [-0.05, 0) is 24.6 Å². The molecule has 0 bridgehead atoms. The Morgan fingerprint density at radius 1 is 1.56 bits per heavy atom. The highest BCUT2D eigenvalue weighted by Crippen LogP contribution is 2.08. The third kappa shape index (κ3) is 3.13. The molecule has 0 unspecified atom stereocenters. The summed E-state index contributed by atoms with van der Waals surface area (Å²) in [5.74, 6) is 0.294. The van der Waals surface area contributed by atoms with E-state index in [2.05, 4.69) is 20.4 Å². The van der Waals surface area contributed by atoms with Crippen LogP contribution in [0, 0.1) is 12.8 Å². The van der Waals surface area contributed by atoms with Crippen molar-refractivity contribution in [2.45, 2.75) is 20.4 Å². The fraction of sp³-hybridized carbons (Fsp3) is 0.333. The van der Waals surface area contributed by atoms with Gasteiger partial charge in [0.1, 0.15) is 18.5 Å². The SMILES string of the molecule is Cc1ccnc(NC(=O)[C@H](C)Cn2cncn2)c1. The summed E-state index contributed by atoms with van der Waals surface area (Å²) in [6, 6.07) is 3.72. The number of anilines is 1. The van der Waals surface area contributed by atoms with Gasteiger partial charge in [-0.15, -0.1) is 0 Å². The van der Waals surface area contributed by atoms with E-state index >= 15 is 0 Å². The number of hydrogen-bond acceptors (Lipinski definition) is 4. The van der Waals surface area contributed by atoms with Gasteiger partial charge >= 0.3 is 0 Å². The second kappa shape index (κ2) is 5.39. The Labute approximate surface area is 105 Å². The largest absolute Gasteiger partial charge is 0.310 e. The van der Waals surface area contributed by atoms with Crippen LogP contribution in [0.15, 0.2) is 31.0 Å². The van der Waals surface area contributed by atoms with Crippen molar-refractivity contribution in [3.8, 4) is 0 Å². The lowest BCUT2D eigenvalue weighted by Crippen LogP contribution is -2.25. The molecule has 2 rings (SSSR count). The minimum absolute atomic E-state index is 0.0800. The minimum atomic E-state index is -0.200. The maximum atomic E-state index is 11.9. The quantitative estimate of drug-likeness (QED) is 0.880. The summed E-state index contributed by atoms with van der Waals surface area (Å²) < 4.78 is 1.63. The average molecular weight is 245 g/mol. The van der Waals surface area contributed by atoms with Gasteiger partial charge < -0.3 is 5.32 Å². The molecule has 1 amide bonds. The van der Waals surface area contributed by atoms with Crippen molar-refractivity contribution in [1.82, 2.24) is 19.7 Å². The van der Waals surface area contributed by atoms with Crippen LogP contribution >= 0.6 is 0 Å². The molecule has 0 saturated carbocycles. The van der Waals surface area contributed by atoms with Crippen molar-refractivity contribution in [2.75, 3.05) is 5.32 Å². The third-order valence-corrected chi connectivity index (χ3v) is 2.54. The van der Waals surface area contributed by atoms with E-state index < -0.39 is 0 Å². The molecule has 2 heterocycles.